The van der Waals surface area contributed by atoms with E-state index in [0.29, 0.717) is 23.6 Å². The van der Waals surface area contributed by atoms with Crippen molar-refractivity contribution >= 4 is 11.6 Å². The van der Waals surface area contributed by atoms with Crippen molar-refractivity contribution < 1.29 is 4.39 Å². The first kappa shape index (κ1) is 11.4. The molecule has 0 spiro atoms. The summed E-state index contributed by atoms with van der Waals surface area (Å²) in [6.45, 7) is 2.24. The Morgan fingerprint density at radius 2 is 2.14 bits per heavy atom. The number of halogens is 2. The van der Waals surface area contributed by atoms with E-state index in [1.165, 1.54) is 6.07 Å². The first-order valence-corrected chi connectivity index (χ1v) is 4.86. The average molecular weight is 217 g/mol. The Bertz CT molecular complexity index is 328. The minimum Gasteiger partial charge on any atom is -0.330 e. The lowest BCUT2D eigenvalue weighted by Crippen LogP contribution is -2.17. The van der Waals surface area contributed by atoms with Crippen LogP contribution in [-0.4, -0.2) is 6.54 Å². The molecule has 0 heterocycles. The highest BCUT2D eigenvalue weighted by atomic mass is 35.5. The van der Waals surface area contributed by atoms with Crippen LogP contribution < -0.4 is 11.5 Å². The van der Waals surface area contributed by atoms with Gasteiger partial charge in [-0.05, 0) is 31.5 Å². The zero-order chi connectivity index (χ0) is 10.7. The van der Waals surface area contributed by atoms with Gasteiger partial charge in [-0.15, -0.1) is 0 Å². The highest BCUT2D eigenvalue weighted by Crippen LogP contribution is 2.28. The molecule has 0 unspecified atom stereocenters. The summed E-state index contributed by atoms with van der Waals surface area (Å²) in [5.41, 5.74) is 12.3. The Morgan fingerprint density at radius 3 is 2.71 bits per heavy atom. The smallest absolute Gasteiger partial charge is 0.129 e. The van der Waals surface area contributed by atoms with Gasteiger partial charge in [0.25, 0.3) is 0 Å². The Balaban J connectivity index is 3.11. The lowest BCUT2D eigenvalue weighted by atomic mass is 10.0. The van der Waals surface area contributed by atoms with Crippen molar-refractivity contribution in [3.63, 3.8) is 0 Å². The second-order valence-electron chi connectivity index (χ2n) is 3.28. The molecule has 4 N–H and O–H groups in total. The van der Waals surface area contributed by atoms with Crippen LogP contribution in [0.2, 0.25) is 5.02 Å². The molecule has 0 saturated carbocycles. The van der Waals surface area contributed by atoms with Gasteiger partial charge in [-0.3, -0.25) is 0 Å². The molecular weight excluding hydrogens is 203 g/mol. The third-order valence-electron chi connectivity index (χ3n) is 2.17. The largest absolute Gasteiger partial charge is 0.330 e. The molecule has 1 rings (SSSR count). The summed E-state index contributed by atoms with van der Waals surface area (Å²) < 4.78 is 13.4. The van der Waals surface area contributed by atoms with Crippen molar-refractivity contribution in [1.29, 1.82) is 0 Å². The molecule has 0 bridgehead atoms. The lowest BCUT2D eigenvalue weighted by Gasteiger charge is -2.14. The Kier molecular flexibility index (Phi) is 3.86. The first-order valence-electron chi connectivity index (χ1n) is 4.48. The average Bonchev–Trinajstić information content (AvgIpc) is 2.13. The number of hydrogen-bond acceptors (Lipinski definition) is 2. The summed E-state index contributed by atoms with van der Waals surface area (Å²) in [4.78, 5) is 0. The fourth-order valence-corrected chi connectivity index (χ4v) is 1.64. The standard InChI is InChI=1S/C10H14ClFN2/c1-6-2-3-7(12)9(10(6)11)8(14)4-5-13/h2-3,8H,4-5,13-14H2,1H3/t8-/m1/s1. The number of hydrogen-bond donors (Lipinski definition) is 2. The summed E-state index contributed by atoms with van der Waals surface area (Å²) in [5, 5.41) is 0.408. The molecule has 0 aliphatic rings. The van der Waals surface area contributed by atoms with Crippen LogP contribution in [0.5, 0.6) is 0 Å². The molecule has 0 aromatic heterocycles. The van der Waals surface area contributed by atoms with Crippen LogP contribution in [0.3, 0.4) is 0 Å². The van der Waals surface area contributed by atoms with Gasteiger partial charge < -0.3 is 11.5 Å². The minimum atomic E-state index is -0.424. The van der Waals surface area contributed by atoms with E-state index in [1.54, 1.807) is 6.07 Å². The van der Waals surface area contributed by atoms with Gasteiger partial charge in [0.15, 0.2) is 0 Å². The third kappa shape index (κ3) is 2.23. The predicted octanol–water partition coefficient (Wildman–Crippen LogP) is 2.14. The van der Waals surface area contributed by atoms with Gasteiger partial charge in [0.1, 0.15) is 5.82 Å². The van der Waals surface area contributed by atoms with Crippen LogP contribution in [0.1, 0.15) is 23.6 Å². The summed E-state index contributed by atoms with van der Waals surface area (Å²) in [6, 6.07) is 2.59. The van der Waals surface area contributed by atoms with E-state index in [4.69, 9.17) is 23.1 Å². The monoisotopic (exact) mass is 216 g/mol. The predicted molar refractivity (Wildman–Crippen MR) is 56.7 cm³/mol. The SMILES string of the molecule is Cc1ccc(F)c([C@H](N)CCN)c1Cl. The van der Waals surface area contributed by atoms with Crippen LogP contribution in [0.15, 0.2) is 12.1 Å². The second-order valence-corrected chi connectivity index (χ2v) is 3.65. The van der Waals surface area contributed by atoms with Crippen LogP contribution >= 0.6 is 11.6 Å². The van der Waals surface area contributed by atoms with Crippen molar-refractivity contribution in [1.82, 2.24) is 0 Å². The van der Waals surface area contributed by atoms with E-state index >= 15 is 0 Å². The van der Waals surface area contributed by atoms with Crippen LogP contribution in [0.25, 0.3) is 0 Å². The summed E-state index contributed by atoms with van der Waals surface area (Å²) >= 11 is 5.97. The van der Waals surface area contributed by atoms with Crippen LogP contribution in [0.4, 0.5) is 4.39 Å². The lowest BCUT2D eigenvalue weighted by molar-refractivity contribution is 0.567. The van der Waals surface area contributed by atoms with Gasteiger partial charge in [0, 0.05) is 11.6 Å². The molecule has 0 saturated heterocycles. The van der Waals surface area contributed by atoms with Crippen LogP contribution in [0, 0.1) is 12.7 Å². The third-order valence-corrected chi connectivity index (χ3v) is 2.67. The molecule has 78 valence electrons. The maximum absolute atomic E-state index is 13.4. The normalized spacial score (nSPS) is 12.9. The molecular formula is C10H14ClFN2. The maximum Gasteiger partial charge on any atom is 0.129 e. The van der Waals surface area contributed by atoms with Crippen molar-refractivity contribution in [2.45, 2.75) is 19.4 Å². The Hall–Kier alpha value is -0.640. The molecule has 1 aromatic rings. The molecule has 0 radical (unpaired) electrons. The van der Waals surface area contributed by atoms with E-state index < -0.39 is 6.04 Å². The topological polar surface area (TPSA) is 52.0 Å². The fourth-order valence-electron chi connectivity index (χ4n) is 1.34. The number of rotatable bonds is 3. The number of benzene rings is 1. The molecule has 0 aliphatic heterocycles. The van der Waals surface area contributed by atoms with E-state index in [1.807, 2.05) is 6.92 Å². The van der Waals surface area contributed by atoms with E-state index in [0.717, 1.165) is 5.56 Å². The fraction of sp³-hybridized carbons (Fsp3) is 0.400. The van der Waals surface area contributed by atoms with Gasteiger partial charge in [-0.2, -0.15) is 0 Å². The highest BCUT2D eigenvalue weighted by molar-refractivity contribution is 6.32. The molecule has 14 heavy (non-hydrogen) atoms. The molecule has 4 heteroatoms. The molecule has 0 aliphatic carbocycles. The summed E-state index contributed by atoms with van der Waals surface area (Å²) in [6.07, 6.45) is 0.528. The summed E-state index contributed by atoms with van der Waals surface area (Å²) in [7, 11) is 0. The Labute approximate surface area is 88.0 Å². The van der Waals surface area contributed by atoms with Crippen molar-refractivity contribution in [2.24, 2.45) is 11.5 Å². The van der Waals surface area contributed by atoms with E-state index in [-0.39, 0.29) is 5.82 Å². The van der Waals surface area contributed by atoms with Crippen LogP contribution in [-0.2, 0) is 0 Å². The maximum atomic E-state index is 13.4. The van der Waals surface area contributed by atoms with Gasteiger partial charge in [0.05, 0.1) is 5.02 Å². The first-order chi connectivity index (χ1) is 6.57. The number of nitrogens with two attached hydrogens (primary N) is 2. The zero-order valence-corrected chi connectivity index (χ0v) is 8.81. The van der Waals surface area contributed by atoms with E-state index in [2.05, 4.69) is 0 Å². The van der Waals surface area contributed by atoms with Gasteiger partial charge >= 0.3 is 0 Å². The summed E-state index contributed by atoms with van der Waals surface area (Å²) in [5.74, 6) is -0.360. The quantitative estimate of drug-likeness (QED) is 0.814. The molecule has 2 nitrogen and oxygen atoms in total. The molecule has 0 amide bonds. The van der Waals surface area contributed by atoms with Gasteiger partial charge in [0.2, 0.25) is 0 Å². The minimum absolute atomic E-state index is 0.360. The van der Waals surface area contributed by atoms with Crippen molar-refractivity contribution in [3.05, 3.63) is 34.1 Å². The van der Waals surface area contributed by atoms with Crippen molar-refractivity contribution in [2.75, 3.05) is 6.54 Å². The molecule has 1 atom stereocenters. The van der Waals surface area contributed by atoms with E-state index in [9.17, 15) is 4.39 Å². The zero-order valence-electron chi connectivity index (χ0n) is 8.06. The molecule has 0 fully saturated rings. The number of aryl methyl sites for hydroxylation is 1. The second kappa shape index (κ2) is 4.73. The molecule has 1 aromatic carbocycles. The Morgan fingerprint density at radius 1 is 1.50 bits per heavy atom. The highest BCUT2D eigenvalue weighted by Gasteiger charge is 2.15. The van der Waals surface area contributed by atoms with Gasteiger partial charge in [-0.25, -0.2) is 4.39 Å². The van der Waals surface area contributed by atoms with Crippen molar-refractivity contribution in [3.8, 4) is 0 Å². The van der Waals surface area contributed by atoms with Gasteiger partial charge in [-0.1, -0.05) is 17.7 Å².